The molecule has 0 spiro atoms. The predicted molar refractivity (Wildman–Crippen MR) is 55.3 cm³/mol. The molecule has 0 bridgehead atoms. The lowest BCUT2D eigenvalue weighted by atomic mass is 10.3. The van der Waals surface area contributed by atoms with Crippen molar-refractivity contribution in [3.05, 3.63) is 10.6 Å². The normalized spacial score (nSPS) is 12.5. The number of aromatic nitrogens is 1. The number of hydrogen-bond donors (Lipinski definition) is 3. The Morgan fingerprint density at radius 2 is 2.43 bits per heavy atom. The smallest absolute Gasteiger partial charge is 0.263 e. The third-order valence-electron chi connectivity index (χ3n) is 1.67. The molecule has 5 nitrogen and oxygen atoms in total. The van der Waals surface area contributed by atoms with Gasteiger partial charge in [-0.2, -0.15) is 0 Å². The van der Waals surface area contributed by atoms with Crippen LogP contribution in [0.15, 0.2) is 0 Å². The van der Waals surface area contributed by atoms with E-state index in [1.54, 1.807) is 13.8 Å². The summed E-state index contributed by atoms with van der Waals surface area (Å²) in [5.74, 6) is -0.238. The maximum atomic E-state index is 11.5. The zero-order valence-corrected chi connectivity index (χ0v) is 8.89. The summed E-state index contributed by atoms with van der Waals surface area (Å²) in [6, 6.07) is -0.259. The summed E-state index contributed by atoms with van der Waals surface area (Å²) in [5.41, 5.74) is 6.08. The highest BCUT2D eigenvalue weighted by Gasteiger charge is 2.15. The predicted octanol–water partition coefficient (Wildman–Crippen LogP) is 0.144. The first kappa shape index (κ1) is 10.9. The Morgan fingerprint density at radius 1 is 1.79 bits per heavy atom. The number of carbonyl (C=O) groups is 1. The number of amides is 1. The molecule has 0 radical (unpaired) electrons. The molecule has 0 unspecified atom stereocenters. The van der Waals surface area contributed by atoms with Crippen LogP contribution < -0.4 is 11.1 Å². The molecule has 4 N–H and O–H groups in total. The number of nitrogens with one attached hydrogen (secondary N) is 1. The molecule has 78 valence electrons. The van der Waals surface area contributed by atoms with Gasteiger partial charge >= 0.3 is 0 Å². The topological polar surface area (TPSA) is 88.2 Å². The first-order valence-electron chi connectivity index (χ1n) is 4.19. The molecule has 1 aromatic heterocycles. The minimum atomic E-state index is -0.259. The summed E-state index contributed by atoms with van der Waals surface area (Å²) in [4.78, 5) is 16.0. The maximum absolute atomic E-state index is 11.5. The molecule has 0 aliphatic rings. The molecular formula is C8H13N3O2S. The van der Waals surface area contributed by atoms with Crippen molar-refractivity contribution in [2.45, 2.75) is 19.9 Å². The summed E-state index contributed by atoms with van der Waals surface area (Å²) < 4.78 is 0. The van der Waals surface area contributed by atoms with Gasteiger partial charge in [-0.15, -0.1) is 0 Å². The molecule has 0 fully saturated rings. The molecule has 14 heavy (non-hydrogen) atoms. The van der Waals surface area contributed by atoms with Crippen LogP contribution in [-0.2, 0) is 0 Å². The van der Waals surface area contributed by atoms with Crippen molar-refractivity contribution in [1.82, 2.24) is 10.3 Å². The van der Waals surface area contributed by atoms with Crippen molar-refractivity contribution in [3.63, 3.8) is 0 Å². The summed E-state index contributed by atoms with van der Waals surface area (Å²) in [6.45, 7) is 3.36. The number of aryl methyl sites for hydroxylation is 1. The van der Waals surface area contributed by atoms with E-state index in [1.807, 2.05) is 0 Å². The van der Waals surface area contributed by atoms with E-state index in [0.717, 1.165) is 11.3 Å². The molecule has 0 aliphatic carbocycles. The number of anilines is 1. The molecule has 1 amide bonds. The van der Waals surface area contributed by atoms with Gasteiger partial charge in [-0.25, -0.2) is 4.98 Å². The van der Waals surface area contributed by atoms with Gasteiger partial charge in [-0.3, -0.25) is 4.79 Å². The van der Waals surface area contributed by atoms with Gasteiger partial charge in [0.05, 0.1) is 12.3 Å². The Kier molecular flexibility index (Phi) is 3.43. The molecule has 0 aliphatic heterocycles. The van der Waals surface area contributed by atoms with E-state index in [0.29, 0.717) is 15.7 Å². The second kappa shape index (κ2) is 4.39. The monoisotopic (exact) mass is 215 g/mol. The van der Waals surface area contributed by atoms with E-state index in [9.17, 15) is 4.79 Å². The van der Waals surface area contributed by atoms with Crippen LogP contribution >= 0.6 is 11.3 Å². The van der Waals surface area contributed by atoms with Crippen LogP contribution in [0.1, 0.15) is 22.3 Å². The number of hydrogen-bond acceptors (Lipinski definition) is 5. The lowest BCUT2D eigenvalue weighted by Crippen LogP contribution is -2.34. The highest BCUT2D eigenvalue weighted by atomic mass is 32.1. The number of nitrogens with zero attached hydrogens (tertiary/aromatic N) is 1. The molecule has 0 aromatic carbocycles. The fourth-order valence-electron chi connectivity index (χ4n) is 0.963. The lowest BCUT2D eigenvalue weighted by molar-refractivity contribution is 0.0925. The van der Waals surface area contributed by atoms with Crippen LogP contribution in [0.2, 0.25) is 0 Å². The summed E-state index contributed by atoms with van der Waals surface area (Å²) in [5, 5.41) is 11.8. The second-order valence-electron chi connectivity index (χ2n) is 3.02. The molecule has 1 atom stereocenters. The number of rotatable bonds is 3. The number of aliphatic hydroxyl groups excluding tert-OH is 1. The van der Waals surface area contributed by atoms with Gasteiger partial charge in [-0.1, -0.05) is 11.3 Å². The molecular weight excluding hydrogens is 202 g/mol. The molecule has 6 heteroatoms. The first-order chi connectivity index (χ1) is 6.54. The lowest BCUT2D eigenvalue weighted by Gasteiger charge is -2.09. The van der Waals surface area contributed by atoms with Gasteiger partial charge in [0.15, 0.2) is 5.13 Å². The van der Waals surface area contributed by atoms with Crippen molar-refractivity contribution in [1.29, 1.82) is 0 Å². The van der Waals surface area contributed by atoms with Crippen molar-refractivity contribution in [2.24, 2.45) is 0 Å². The number of aliphatic hydroxyl groups is 1. The number of nitrogens with two attached hydrogens (primary N) is 1. The van der Waals surface area contributed by atoms with E-state index in [2.05, 4.69) is 10.3 Å². The van der Waals surface area contributed by atoms with Gasteiger partial charge in [-0.05, 0) is 13.8 Å². The van der Waals surface area contributed by atoms with E-state index < -0.39 is 0 Å². The fourth-order valence-corrected chi connectivity index (χ4v) is 1.70. The van der Waals surface area contributed by atoms with E-state index in [1.165, 1.54) is 0 Å². The Bertz CT molecular complexity index is 337. The van der Waals surface area contributed by atoms with Crippen molar-refractivity contribution >= 4 is 22.4 Å². The first-order valence-corrected chi connectivity index (χ1v) is 5.01. The standard InChI is InChI=1S/C8H13N3O2S/c1-4(3-12)10-7(13)6-5(2)11-8(9)14-6/h4,12H,3H2,1-2H3,(H2,9,11)(H,10,13)/t4-/m1/s1. The second-order valence-corrected chi connectivity index (χ2v) is 4.05. The van der Waals surface area contributed by atoms with Crippen molar-refractivity contribution in [3.8, 4) is 0 Å². The van der Waals surface area contributed by atoms with E-state index in [-0.39, 0.29) is 18.6 Å². The van der Waals surface area contributed by atoms with Crippen LogP contribution in [0, 0.1) is 6.92 Å². The van der Waals surface area contributed by atoms with Gasteiger partial charge in [0.2, 0.25) is 0 Å². The number of thiazole rings is 1. The van der Waals surface area contributed by atoms with E-state index in [4.69, 9.17) is 10.8 Å². The Hall–Kier alpha value is -1.14. The minimum absolute atomic E-state index is 0.0843. The zero-order chi connectivity index (χ0) is 10.7. The summed E-state index contributed by atoms with van der Waals surface area (Å²) in [6.07, 6.45) is 0. The molecule has 0 saturated carbocycles. The summed E-state index contributed by atoms with van der Waals surface area (Å²) >= 11 is 1.15. The van der Waals surface area contributed by atoms with Crippen molar-refractivity contribution in [2.75, 3.05) is 12.3 Å². The van der Waals surface area contributed by atoms with E-state index >= 15 is 0 Å². The average Bonchev–Trinajstić information content (AvgIpc) is 2.45. The maximum Gasteiger partial charge on any atom is 0.263 e. The molecule has 0 saturated heterocycles. The summed E-state index contributed by atoms with van der Waals surface area (Å²) in [7, 11) is 0. The highest BCUT2D eigenvalue weighted by molar-refractivity contribution is 7.17. The number of carbonyl (C=O) groups excluding carboxylic acids is 1. The molecule has 1 aromatic rings. The number of nitrogen functional groups attached to an aromatic ring is 1. The fraction of sp³-hybridized carbons (Fsp3) is 0.500. The largest absolute Gasteiger partial charge is 0.394 e. The van der Waals surface area contributed by atoms with Crippen LogP contribution in [0.25, 0.3) is 0 Å². The van der Waals surface area contributed by atoms with Gasteiger partial charge in [0.1, 0.15) is 4.88 Å². The van der Waals surface area contributed by atoms with Crippen molar-refractivity contribution < 1.29 is 9.90 Å². The van der Waals surface area contributed by atoms with Gasteiger partial charge in [0, 0.05) is 6.04 Å². The highest BCUT2D eigenvalue weighted by Crippen LogP contribution is 2.19. The Morgan fingerprint density at radius 3 is 2.86 bits per heavy atom. The van der Waals surface area contributed by atoms with Gasteiger partial charge in [0.25, 0.3) is 5.91 Å². The van der Waals surface area contributed by atoms with Crippen LogP contribution in [0.4, 0.5) is 5.13 Å². The minimum Gasteiger partial charge on any atom is -0.394 e. The zero-order valence-electron chi connectivity index (χ0n) is 8.07. The van der Waals surface area contributed by atoms with Crippen LogP contribution in [-0.4, -0.2) is 28.6 Å². The quantitative estimate of drug-likeness (QED) is 0.669. The molecule has 1 rings (SSSR count). The SMILES string of the molecule is Cc1nc(N)sc1C(=O)N[C@H](C)CO. The third kappa shape index (κ3) is 2.43. The van der Waals surface area contributed by atoms with Crippen LogP contribution in [0.3, 0.4) is 0 Å². The Labute approximate surface area is 86.0 Å². The average molecular weight is 215 g/mol. The van der Waals surface area contributed by atoms with Crippen LogP contribution in [0.5, 0.6) is 0 Å². The molecule has 1 heterocycles. The Balaban J connectivity index is 2.74. The van der Waals surface area contributed by atoms with Gasteiger partial charge < -0.3 is 16.2 Å². The third-order valence-corrected chi connectivity index (χ3v) is 2.66.